The first-order valence-electron chi connectivity index (χ1n) is 10.1. The maximum Gasteiger partial charge on any atom is 0.416 e. The van der Waals surface area contributed by atoms with Gasteiger partial charge in [-0.05, 0) is 51.0 Å². The number of rotatable bonds is 4. The molecule has 0 radical (unpaired) electrons. The number of nitrogens with one attached hydrogen (secondary N) is 1. The van der Waals surface area contributed by atoms with Gasteiger partial charge >= 0.3 is 12.3 Å². The normalized spacial score (nSPS) is 14.8. The molecule has 2 amide bonds. The van der Waals surface area contributed by atoms with Crippen LogP contribution in [0.15, 0.2) is 35.1 Å². The zero-order valence-electron chi connectivity index (χ0n) is 17.6. The zero-order chi connectivity index (χ0) is 23.5. The Hall–Kier alpha value is -3.37. The third-order valence-electron chi connectivity index (χ3n) is 5.12. The van der Waals surface area contributed by atoms with Crippen LogP contribution in [0.3, 0.4) is 0 Å². The second kappa shape index (κ2) is 9.41. The zero-order valence-corrected chi connectivity index (χ0v) is 17.6. The first-order chi connectivity index (χ1) is 15.1. The monoisotopic (exact) mass is 452 g/mol. The summed E-state index contributed by atoms with van der Waals surface area (Å²) >= 11 is 0. The third-order valence-corrected chi connectivity index (χ3v) is 5.12. The number of hydrogen-bond donors (Lipinski definition) is 1. The van der Waals surface area contributed by atoms with E-state index in [0.717, 1.165) is 12.1 Å². The number of hydrogen-bond acceptors (Lipinski definition) is 5. The smallest absolute Gasteiger partial charge is 0.416 e. The molecule has 0 atom stereocenters. The van der Waals surface area contributed by atoms with Crippen molar-refractivity contribution in [2.45, 2.75) is 38.9 Å². The highest BCUT2D eigenvalue weighted by Crippen LogP contribution is 2.29. The van der Waals surface area contributed by atoms with E-state index < -0.39 is 29.2 Å². The van der Waals surface area contributed by atoms with Crippen molar-refractivity contribution in [2.75, 3.05) is 19.7 Å². The highest BCUT2D eigenvalue weighted by molar-refractivity contribution is 5.92. The van der Waals surface area contributed by atoms with Crippen molar-refractivity contribution >= 4 is 12.0 Å². The molecule has 3 rings (SSSR count). The molecule has 1 aromatic heterocycles. The number of benzene rings is 1. The number of carbonyl (C=O) groups is 2. The van der Waals surface area contributed by atoms with E-state index in [1.165, 1.54) is 22.9 Å². The number of piperidine rings is 1. The largest absolute Gasteiger partial charge is 0.450 e. The Labute approximate surface area is 182 Å². The Kier molecular flexibility index (Phi) is 6.85. The molecule has 2 heterocycles. The van der Waals surface area contributed by atoms with Gasteiger partial charge in [-0.2, -0.15) is 18.3 Å². The number of nitrogens with zero attached hydrogens (tertiary/aromatic N) is 3. The van der Waals surface area contributed by atoms with Crippen LogP contribution in [0.2, 0.25) is 0 Å². The molecule has 1 N–H and O–H groups in total. The quantitative estimate of drug-likeness (QED) is 0.770. The molecule has 0 saturated carbocycles. The van der Waals surface area contributed by atoms with Gasteiger partial charge < -0.3 is 15.0 Å². The second-order valence-corrected chi connectivity index (χ2v) is 7.39. The summed E-state index contributed by atoms with van der Waals surface area (Å²) in [6, 6.07) is 5.22. The van der Waals surface area contributed by atoms with Crippen LogP contribution in [-0.2, 0) is 10.9 Å². The fourth-order valence-electron chi connectivity index (χ4n) is 3.43. The summed E-state index contributed by atoms with van der Waals surface area (Å²) in [6.07, 6.45) is -3.90. The van der Waals surface area contributed by atoms with Crippen molar-refractivity contribution in [3.8, 4) is 5.69 Å². The highest BCUT2D eigenvalue weighted by Gasteiger charge is 2.30. The van der Waals surface area contributed by atoms with Crippen molar-refractivity contribution in [1.29, 1.82) is 0 Å². The van der Waals surface area contributed by atoms with Gasteiger partial charge in [0.1, 0.15) is 0 Å². The molecule has 1 fully saturated rings. The van der Waals surface area contributed by atoms with Gasteiger partial charge in [0.2, 0.25) is 5.43 Å². The molecule has 1 aliphatic heterocycles. The van der Waals surface area contributed by atoms with Gasteiger partial charge in [-0.3, -0.25) is 9.59 Å². The number of halogens is 3. The number of amides is 2. The minimum Gasteiger partial charge on any atom is -0.450 e. The van der Waals surface area contributed by atoms with Gasteiger partial charge in [-0.15, -0.1) is 0 Å². The molecule has 0 unspecified atom stereocenters. The van der Waals surface area contributed by atoms with E-state index in [0.29, 0.717) is 31.6 Å². The van der Waals surface area contributed by atoms with E-state index in [4.69, 9.17) is 4.74 Å². The molecule has 0 spiro atoms. The van der Waals surface area contributed by atoms with E-state index >= 15 is 0 Å². The van der Waals surface area contributed by atoms with Crippen molar-refractivity contribution < 1.29 is 27.5 Å². The van der Waals surface area contributed by atoms with E-state index in [1.807, 2.05) is 0 Å². The topological polar surface area (TPSA) is 93.5 Å². The summed E-state index contributed by atoms with van der Waals surface area (Å²) in [5.41, 5.74) is -1.11. The molecule has 11 heteroatoms. The summed E-state index contributed by atoms with van der Waals surface area (Å²) in [7, 11) is 0. The molecule has 0 bridgehead atoms. The molecule has 0 aliphatic carbocycles. The summed E-state index contributed by atoms with van der Waals surface area (Å²) in [5.74, 6) is -0.676. The van der Waals surface area contributed by atoms with Crippen molar-refractivity contribution in [2.24, 2.45) is 0 Å². The van der Waals surface area contributed by atoms with Crippen LogP contribution in [0.4, 0.5) is 18.0 Å². The molecule has 1 aliphatic rings. The summed E-state index contributed by atoms with van der Waals surface area (Å²) in [5, 5.41) is 6.85. The fraction of sp³-hybridized carbons (Fsp3) is 0.429. The SMILES string of the molecule is CCOC(=O)N1CCC(NC(=O)c2nn(-c3ccc(C(F)(F)F)cc3)c(C)cc2=O)CC1. The fourth-order valence-corrected chi connectivity index (χ4v) is 3.43. The van der Waals surface area contributed by atoms with Crippen LogP contribution >= 0.6 is 0 Å². The number of alkyl halides is 3. The minimum atomic E-state index is -4.47. The molecular weight excluding hydrogens is 429 g/mol. The van der Waals surface area contributed by atoms with Crippen LogP contribution in [0.25, 0.3) is 5.69 Å². The summed E-state index contributed by atoms with van der Waals surface area (Å²) in [6.45, 7) is 4.37. The third kappa shape index (κ3) is 5.27. The standard InChI is InChI=1S/C21H23F3N4O4/c1-3-32-20(31)27-10-8-15(9-11-27)25-19(30)18-17(29)12-13(2)28(26-18)16-6-4-14(5-7-16)21(22,23)24/h4-7,12,15H,3,8-11H2,1-2H3,(H,25,30). The van der Waals surface area contributed by atoms with Crippen molar-refractivity contribution in [3.63, 3.8) is 0 Å². The van der Waals surface area contributed by atoms with Gasteiger partial charge in [0, 0.05) is 30.9 Å². The first-order valence-corrected chi connectivity index (χ1v) is 10.1. The van der Waals surface area contributed by atoms with Crippen molar-refractivity contribution in [1.82, 2.24) is 20.0 Å². The molecular formula is C21H23F3N4O4. The minimum absolute atomic E-state index is 0.254. The molecule has 1 saturated heterocycles. The molecule has 2 aromatic rings. The Morgan fingerprint density at radius 1 is 1.19 bits per heavy atom. The van der Waals surface area contributed by atoms with Gasteiger partial charge in [0.25, 0.3) is 5.91 Å². The molecule has 172 valence electrons. The van der Waals surface area contributed by atoms with Crippen LogP contribution in [-0.4, -0.2) is 52.4 Å². The van der Waals surface area contributed by atoms with Gasteiger partial charge in [-0.25, -0.2) is 9.48 Å². The Bertz CT molecular complexity index is 1040. The second-order valence-electron chi connectivity index (χ2n) is 7.39. The van der Waals surface area contributed by atoms with E-state index in [1.54, 1.807) is 18.7 Å². The van der Waals surface area contributed by atoms with E-state index in [2.05, 4.69) is 10.4 Å². The average Bonchev–Trinajstić information content (AvgIpc) is 2.74. The van der Waals surface area contributed by atoms with Gasteiger partial charge in [0.05, 0.1) is 17.9 Å². The predicted molar refractivity (Wildman–Crippen MR) is 109 cm³/mol. The van der Waals surface area contributed by atoms with E-state index in [9.17, 15) is 27.6 Å². The lowest BCUT2D eigenvalue weighted by Gasteiger charge is -2.31. The maximum absolute atomic E-state index is 12.8. The Balaban J connectivity index is 1.74. The predicted octanol–water partition coefficient (Wildman–Crippen LogP) is 2.91. The molecule has 1 aromatic carbocycles. The number of likely N-dealkylation sites (tertiary alicyclic amines) is 1. The maximum atomic E-state index is 12.8. The highest BCUT2D eigenvalue weighted by atomic mass is 19.4. The van der Waals surface area contributed by atoms with Gasteiger partial charge in [-0.1, -0.05) is 0 Å². The van der Waals surface area contributed by atoms with E-state index in [-0.39, 0.29) is 24.0 Å². The van der Waals surface area contributed by atoms with Crippen LogP contribution in [0.5, 0.6) is 0 Å². The average molecular weight is 452 g/mol. The molecule has 32 heavy (non-hydrogen) atoms. The van der Waals surface area contributed by atoms with Crippen LogP contribution in [0, 0.1) is 6.92 Å². The van der Waals surface area contributed by atoms with Gasteiger partial charge in [0.15, 0.2) is 5.69 Å². The van der Waals surface area contributed by atoms with Crippen LogP contribution in [0.1, 0.15) is 41.5 Å². The number of carbonyl (C=O) groups excluding carboxylic acids is 2. The number of aryl methyl sites for hydroxylation is 1. The first kappa shape index (κ1) is 23.3. The lowest BCUT2D eigenvalue weighted by molar-refractivity contribution is -0.137. The Morgan fingerprint density at radius 2 is 1.81 bits per heavy atom. The lowest BCUT2D eigenvalue weighted by atomic mass is 10.1. The molecule has 8 nitrogen and oxygen atoms in total. The summed E-state index contributed by atoms with van der Waals surface area (Å²) in [4.78, 5) is 38.4. The summed E-state index contributed by atoms with van der Waals surface area (Å²) < 4.78 is 44.6. The van der Waals surface area contributed by atoms with Crippen LogP contribution < -0.4 is 10.7 Å². The van der Waals surface area contributed by atoms with Crippen molar-refractivity contribution in [3.05, 3.63) is 57.5 Å². The Morgan fingerprint density at radius 3 is 2.38 bits per heavy atom. The number of aromatic nitrogens is 2. The lowest BCUT2D eigenvalue weighted by Crippen LogP contribution is -2.47. The number of ether oxygens (including phenoxy) is 1.